The molecule has 3 aliphatic rings. The Hall–Kier alpha value is -2.46. The largest absolute Gasteiger partial charge is 0.431 e. The summed E-state index contributed by atoms with van der Waals surface area (Å²) in [7, 11) is 1.76. The number of nitrogens with zero attached hydrogens (tertiary/aromatic N) is 3. The first-order valence-corrected chi connectivity index (χ1v) is 11.5. The summed E-state index contributed by atoms with van der Waals surface area (Å²) in [6.07, 6.45) is -2.37. The number of likely N-dealkylation sites (N-methyl/N-ethyl adjacent to an activating group) is 1. The maximum absolute atomic E-state index is 14.9. The fraction of sp³-hybridized carbons (Fsp3) is 0.542. The molecule has 3 heterocycles. The van der Waals surface area contributed by atoms with Crippen molar-refractivity contribution in [2.75, 3.05) is 26.7 Å². The summed E-state index contributed by atoms with van der Waals surface area (Å²) in [6.45, 7) is 0.756. The Labute approximate surface area is 193 Å². The van der Waals surface area contributed by atoms with E-state index < -0.39 is 40.6 Å². The molecule has 1 spiro atoms. The molecule has 0 unspecified atom stereocenters. The zero-order chi connectivity index (χ0) is 24.5. The highest BCUT2D eigenvalue weighted by molar-refractivity contribution is 5.94. The van der Waals surface area contributed by atoms with E-state index >= 15 is 0 Å². The van der Waals surface area contributed by atoms with Crippen LogP contribution >= 0.6 is 0 Å². The average Bonchev–Trinajstić information content (AvgIpc) is 3.12. The van der Waals surface area contributed by atoms with E-state index in [9.17, 15) is 31.9 Å². The Bertz CT molecular complexity index is 1130. The summed E-state index contributed by atoms with van der Waals surface area (Å²) in [6, 6.07) is 4.64. The molecule has 184 valence electrons. The lowest BCUT2D eigenvalue weighted by molar-refractivity contribution is -0.144. The molecule has 1 aliphatic carbocycles. The van der Waals surface area contributed by atoms with Gasteiger partial charge in [-0.2, -0.15) is 13.2 Å². The topological polar surface area (TPSA) is 48.7 Å². The third-order valence-corrected chi connectivity index (χ3v) is 7.95. The van der Waals surface area contributed by atoms with Crippen LogP contribution in [0.15, 0.2) is 24.3 Å². The number of hydrogen-bond donors (Lipinski definition) is 1. The quantitative estimate of drug-likeness (QED) is 0.651. The number of aliphatic hydroxyl groups is 1. The van der Waals surface area contributed by atoms with Crippen LogP contribution in [-0.2, 0) is 23.9 Å². The van der Waals surface area contributed by atoms with Crippen LogP contribution in [-0.4, -0.2) is 52.1 Å². The highest BCUT2D eigenvalue weighted by Crippen LogP contribution is 2.46. The molecule has 1 aromatic carbocycles. The van der Waals surface area contributed by atoms with Gasteiger partial charge in [-0.1, -0.05) is 6.07 Å². The Morgan fingerprint density at radius 2 is 1.65 bits per heavy atom. The highest BCUT2D eigenvalue weighted by Gasteiger charge is 2.50. The number of rotatable bonds is 2. The van der Waals surface area contributed by atoms with Gasteiger partial charge < -0.3 is 14.6 Å². The van der Waals surface area contributed by atoms with Gasteiger partial charge in [0.05, 0.1) is 16.8 Å². The van der Waals surface area contributed by atoms with Crippen molar-refractivity contribution in [1.29, 1.82) is 0 Å². The molecular formula is C24H26F5N3O2. The van der Waals surface area contributed by atoms with E-state index in [1.165, 1.54) is 17.0 Å². The lowest BCUT2D eigenvalue weighted by atomic mass is 9.75. The van der Waals surface area contributed by atoms with Gasteiger partial charge in [-0.05, 0) is 51.3 Å². The number of carbonyl (C=O) groups is 1. The second-order valence-electron chi connectivity index (χ2n) is 9.70. The monoisotopic (exact) mass is 483 g/mol. The molecule has 1 N–H and O–H groups in total. The second kappa shape index (κ2) is 7.78. The van der Waals surface area contributed by atoms with Crippen molar-refractivity contribution in [1.82, 2.24) is 14.4 Å². The number of aromatic nitrogens is 1. The molecule has 5 rings (SSSR count). The van der Waals surface area contributed by atoms with Gasteiger partial charge in [0.25, 0.3) is 5.91 Å². The van der Waals surface area contributed by atoms with Crippen LogP contribution in [0, 0.1) is 11.6 Å². The smallest absolute Gasteiger partial charge is 0.385 e. The Balaban J connectivity index is 1.38. The number of fused-ring (bicyclic) bond motifs is 2. The lowest BCUT2D eigenvalue weighted by Crippen LogP contribution is -2.57. The minimum atomic E-state index is -4.66. The van der Waals surface area contributed by atoms with E-state index in [-0.39, 0.29) is 49.3 Å². The lowest BCUT2D eigenvalue weighted by Gasteiger charge is -2.50. The Morgan fingerprint density at radius 1 is 0.971 bits per heavy atom. The molecular weight excluding hydrogens is 457 g/mol. The summed E-state index contributed by atoms with van der Waals surface area (Å²) >= 11 is 0. The van der Waals surface area contributed by atoms with E-state index in [1.807, 2.05) is 4.90 Å². The van der Waals surface area contributed by atoms with Crippen LogP contribution in [0.5, 0.6) is 0 Å². The van der Waals surface area contributed by atoms with Crippen molar-refractivity contribution in [2.24, 2.45) is 0 Å². The first kappa shape index (κ1) is 23.3. The first-order chi connectivity index (χ1) is 16.0. The fourth-order valence-corrected chi connectivity index (χ4v) is 5.79. The average molecular weight is 483 g/mol. The number of carbonyl (C=O) groups excluding carboxylic acids is 1. The molecule has 1 amide bonds. The molecule has 1 saturated carbocycles. The molecule has 2 aliphatic heterocycles. The first-order valence-electron chi connectivity index (χ1n) is 11.5. The number of halogens is 5. The summed E-state index contributed by atoms with van der Waals surface area (Å²) in [4.78, 5) is 16.5. The Kier molecular flexibility index (Phi) is 5.33. The summed E-state index contributed by atoms with van der Waals surface area (Å²) in [5.41, 5.74) is -2.77. The van der Waals surface area contributed by atoms with Crippen molar-refractivity contribution in [3.63, 3.8) is 0 Å². The van der Waals surface area contributed by atoms with E-state index in [1.54, 1.807) is 7.05 Å². The number of likely N-dealkylation sites (tertiary alicyclic amines) is 1. The van der Waals surface area contributed by atoms with Crippen LogP contribution in [0.25, 0.3) is 0 Å². The SMILES string of the molecule is CN1CCn2c(C(F)(F)F)cc(F)c2C12CCN(C(=O)c1ccc(C3(O)CCC3)c(F)c1)CC2. The van der Waals surface area contributed by atoms with Crippen molar-refractivity contribution in [2.45, 2.75) is 56.0 Å². The zero-order valence-corrected chi connectivity index (χ0v) is 18.8. The molecule has 0 bridgehead atoms. The maximum atomic E-state index is 14.9. The van der Waals surface area contributed by atoms with E-state index in [0.717, 1.165) is 17.1 Å². The van der Waals surface area contributed by atoms with Gasteiger partial charge in [0.15, 0.2) is 0 Å². The molecule has 0 radical (unpaired) electrons. The van der Waals surface area contributed by atoms with Crippen molar-refractivity contribution < 1.29 is 31.9 Å². The van der Waals surface area contributed by atoms with Crippen LogP contribution in [0.4, 0.5) is 22.0 Å². The number of benzene rings is 1. The summed E-state index contributed by atoms with van der Waals surface area (Å²) < 4.78 is 70.9. The van der Waals surface area contributed by atoms with Crippen LogP contribution in [0.2, 0.25) is 0 Å². The minimum Gasteiger partial charge on any atom is -0.385 e. The molecule has 1 aromatic heterocycles. The van der Waals surface area contributed by atoms with Crippen molar-refractivity contribution >= 4 is 5.91 Å². The van der Waals surface area contributed by atoms with Gasteiger partial charge in [0.1, 0.15) is 17.3 Å². The Morgan fingerprint density at radius 3 is 2.21 bits per heavy atom. The second-order valence-corrected chi connectivity index (χ2v) is 9.70. The molecule has 2 aromatic rings. The third kappa shape index (κ3) is 3.45. The van der Waals surface area contributed by atoms with E-state index in [0.29, 0.717) is 25.5 Å². The van der Waals surface area contributed by atoms with Crippen molar-refractivity contribution in [3.8, 4) is 0 Å². The van der Waals surface area contributed by atoms with Gasteiger partial charge >= 0.3 is 6.18 Å². The molecule has 1 saturated heterocycles. The summed E-state index contributed by atoms with van der Waals surface area (Å²) in [5.74, 6) is -1.91. The zero-order valence-electron chi connectivity index (χ0n) is 18.8. The van der Waals surface area contributed by atoms with Gasteiger partial charge in [0.2, 0.25) is 0 Å². The normalized spacial score (nSPS) is 21.9. The number of hydrogen-bond acceptors (Lipinski definition) is 3. The van der Waals surface area contributed by atoms with E-state index in [2.05, 4.69) is 0 Å². The number of piperidine rings is 1. The maximum Gasteiger partial charge on any atom is 0.431 e. The molecule has 10 heteroatoms. The number of alkyl halides is 3. The third-order valence-electron chi connectivity index (χ3n) is 7.95. The number of amides is 1. The minimum absolute atomic E-state index is 0.0183. The standard InChI is InChI=1S/C24H26F5N3O2/c1-30-11-12-32-19(24(27,28)29)14-18(26)20(32)22(30)7-9-31(10-8-22)21(33)15-3-4-16(17(25)13-15)23(34)5-2-6-23/h3-4,13-14,34H,2,5-12H2,1H3. The molecule has 2 fully saturated rings. The summed E-state index contributed by atoms with van der Waals surface area (Å²) in [5, 5.41) is 10.4. The van der Waals surface area contributed by atoms with Gasteiger partial charge in [-0.15, -0.1) is 0 Å². The van der Waals surface area contributed by atoms with Crippen LogP contribution in [0.3, 0.4) is 0 Å². The van der Waals surface area contributed by atoms with Crippen LogP contribution in [0.1, 0.15) is 59.4 Å². The molecule has 34 heavy (non-hydrogen) atoms. The van der Waals surface area contributed by atoms with Crippen molar-refractivity contribution in [3.05, 3.63) is 58.4 Å². The van der Waals surface area contributed by atoms with Gasteiger partial charge in [-0.3, -0.25) is 9.69 Å². The molecule has 5 nitrogen and oxygen atoms in total. The fourth-order valence-electron chi connectivity index (χ4n) is 5.79. The molecule has 0 atom stereocenters. The predicted molar refractivity (Wildman–Crippen MR) is 113 cm³/mol. The highest BCUT2D eigenvalue weighted by atomic mass is 19.4. The van der Waals surface area contributed by atoms with Gasteiger partial charge in [-0.25, -0.2) is 8.78 Å². The van der Waals surface area contributed by atoms with Crippen LogP contribution < -0.4 is 0 Å². The predicted octanol–water partition coefficient (Wildman–Crippen LogP) is 4.23. The van der Waals surface area contributed by atoms with Gasteiger partial charge in [0, 0.05) is 43.4 Å². The van der Waals surface area contributed by atoms with E-state index in [4.69, 9.17) is 0 Å².